The van der Waals surface area contributed by atoms with Crippen molar-refractivity contribution in [2.75, 3.05) is 0 Å². The van der Waals surface area contributed by atoms with Gasteiger partial charge >= 0.3 is 0 Å². The lowest BCUT2D eigenvalue weighted by molar-refractivity contribution is 0.322. The fourth-order valence-electron chi connectivity index (χ4n) is 2.80. The van der Waals surface area contributed by atoms with Crippen LogP contribution in [-0.2, 0) is 18.4 Å². The Labute approximate surface area is 91.7 Å². The van der Waals surface area contributed by atoms with Crippen LogP contribution in [0.2, 0.25) is 0 Å². The van der Waals surface area contributed by atoms with Crippen LogP contribution in [0.1, 0.15) is 51.3 Å². The van der Waals surface area contributed by atoms with Gasteiger partial charge in [0, 0.05) is 12.2 Å². The van der Waals surface area contributed by atoms with Gasteiger partial charge in [0.2, 0.25) is 0 Å². The first kappa shape index (κ1) is 9.44. The van der Waals surface area contributed by atoms with Gasteiger partial charge in [-0.3, -0.25) is 4.68 Å². The van der Waals surface area contributed by atoms with Crippen molar-refractivity contribution in [1.82, 2.24) is 9.78 Å². The predicted octanol–water partition coefficient (Wildman–Crippen LogP) is 2.91. The van der Waals surface area contributed by atoms with E-state index in [1.54, 1.807) is 0 Å². The zero-order valence-electron chi connectivity index (χ0n) is 10.0. The van der Waals surface area contributed by atoms with E-state index in [0.29, 0.717) is 5.41 Å². The molecule has 0 aromatic carbocycles. The van der Waals surface area contributed by atoms with Crippen molar-refractivity contribution < 1.29 is 0 Å². The lowest BCUT2D eigenvalue weighted by Gasteiger charge is -2.26. The summed E-state index contributed by atoms with van der Waals surface area (Å²) >= 11 is 0. The minimum absolute atomic E-state index is 0.252. The van der Waals surface area contributed by atoms with Crippen LogP contribution in [0.5, 0.6) is 0 Å². The normalized spacial score (nSPS) is 22.9. The predicted molar refractivity (Wildman–Crippen MR) is 60.9 cm³/mol. The lowest BCUT2D eigenvalue weighted by atomic mass is 9.84. The van der Waals surface area contributed by atoms with Crippen LogP contribution in [0.3, 0.4) is 0 Å². The van der Waals surface area contributed by atoms with Gasteiger partial charge in [-0.05, 0) is 42.1 Å². The molecular formula is C13H20N2. The summed E-state index contributed by atoms with van der Waals surface area (Å²) < 4.78 is 2.27. The maximum absolute atomic E-state index is 4.58. The molecule has 1 spiro atoms. The van der Waals surface area contributed by atoms with Crippen molar-refractivity contribution in [2.24, 2.45) is 5.41 Å². The molecule has 1 fully saturated rings. The highest BCUT2D eigenvalue weighted by atomic mass is 15.3. The molecule has 0 radical (unpaired) electrons. The highest BCUT2D eigenvalue weighted by Gasteiger charge is 2.45. The maximum atomic E-state index is 4.58. The quantitative estimate of drug-likeness (QED) is 0.635. The van der Waals surface area contributed by atoms with E-state index in [4.69, 9.17) is 0 Å². The Hall–Kier alpha value is -0.790. The molecule has 2 nitrogen and oxygen atoms in total. The third-order valence-electron chi connectivity index (χ3n) is 4.09. The maximum Gasteiger partial charge on any atom is 0.0530 e. The van der Waals surface area contributed by atoms with Crippen LogP contribution in [0.25, 0.3) is 0 Å². The van der Waals surface area contributed by atoms with E-state index in [0.717, 1.165) is 0 Å². The second-order valence-electron chi connectivity index (χ2n) is 6.41. The van der Waals surface area contributed by atoms with Gasteiger partial charge in [-0.15, -0.1) is 0 Å². The lowest BCUT2D eigenvalue weighted by Crippen LogP contribution is -2.24. The van der Waals surface area contributed by atoms with E-state index in [1.807, 2.05) is 0 Å². The van der Waals surface area contributed by atoms with Crippen molar-refractivity contribution in [3.8, 4) is 0 Å². The summed E-state index contributed by atoms with van der Waals surface area (Å²) in [5, 5.41) is 4.58. The van der Waals surface area contributed by atoms with Crippen molar-refractivity contribution in [2.45, 2.75) is 58.4 Å². The molecule has 0 bridgehead atoms. The van der Waals surface area contributed by atoms with E-state index >= 15 is 0 Å². The first-order valence-corrected chi connectivity index (χ1v) is 6.05. The van der Waals surface area contributed by atoms with Crippen LogP contribution in [0, 0.1) is 5.41 Å². The monoisotopic (exact) mass is 204 g/mol. The molecule has 1 aromatic heterocycles. The summed E-state index contributed by atoms with van der Waals surface area (Å²) in [4.78, 5) is 0. The van der Waals surface area contributed by atoms with Crippen molar-refractivity contribution in [3.63, 3.8) is 0 Å². The molecule has 0 saturated heterocycles. The summed E-state index contributed by atoms with van der Waals surface area (Å²) in [6.07, 6.45) is 7.58. The van der Waals surface area contributed by atoms with Crippen LogP contribution < -0.4 is 0 Å². The van der Waals surface area contributed by atoms with E-state index in [1.165, 1.54) is 43.5 Å². The van der Waals surface area contributed by atoms with Crippen LogP contribution in [0.15, 0.2) is 6.20 Å². The van der Waals surface area contributed by atoms with E-state index in [2.05, 4.69) is 36.7 Å². The van der Waals surface area contributed by atoms with E-state index < -0.39 is 0 Å². The standard InChI is InChI=1S/C13H20N2/c1-12(2,3)10-8-14-15-9-13(6-7-13)5-4-11(10)15/h8H,4-7,9H2,1-3H3. The zero-order chi connectivity index (χ0) is 10.7. The van der Waals surface area contributed by atoms with Gasteiger partial charge in [0.1, 0.15) is 0 Å². The van der Waals surface area contributed by atoms with Crippen LogP contribution in [-0.4, -0.2) is 9.78 Å². The fourth-order valence-corrected chi connectivity index (χ4v) is 2.80. The highest BCUT2D eigenvalue weighted by molar-refractivity contribution is 5.27. The SMILES string of the molecule is CC(C)(C)c1cnn2c1CCC1(CC1)C2. The molecule has 1 aliphatic carbocycles. The van der Waals surface area contributed by atoms with Gasteiger partial charge in [0.25, 0.3) is 0 Å². The molecule has 0 unspecified atom stereocenters. The molecule has 3 rings (SSSR count). The van der Waals surface area contributed by atoms with E-state index in [9.17, 15) is 0 Å². The number of aromatic nitrogens is 2. The first-order valence-electron chi connectivity index (χ1n) is 6.05. The Morgan fingerprint density at radius 3 is 2.60 bits per heavy atom. The first-order chi connectivity index (χ1) is 7.00. The smallest absolute Gasteiger partial charge is 0.0530 e. The minimum Gasteiger partial charge on any atom is -0.269 e. The molecule has 2 heterocycles. The number of hydrogen-bond acceptors (Lipinski definition) is 1. The van der Waals surface area contributed by atoms with Crippen molar-refractivity contribution in [1.29, 1.82) is 0 Å². The van der Waals surface area contributed by atoms with Gasteiger partial charge in [0.15, 0.2) is 0 Å². The molecule has 1 aromatic rings. The molecule has 2 heteroatoms. The Morgan fingerprint density at radius 2 is 2.00 bits per heavy atom. The molecular weight excluding hydrogens is 184 g/mol. The second kappa shape index (κ2) is 2.66. The molecule has 15 heavy (non-hydrogen) atoms. The van der Waals surface area contributed by atoms with Crippen molar-refractivity contribution in [3.05, 3.63) is 17.5 Å². The van der Waals surface area contributed by atoms with Gasteiger partial charge < -0.3 is 0 Å². The van der Waals surface area contributed by atoms with Crippen molar-refractivity contribution >= 4 is 0 Å². The van der Waals surface area contributed by atoms with Gasteiger partial charge in [-0.1, -0.05) is 20.8 Å². The summed E-state index contributed by atoms with van der Waals surface area (Å²) in [6, 6.07) is 0. The Bertz CT molecular complexity index is 391. The number of rotatable bonds is 0. The number of fused-ring (bicyclic) bond motifs is 1. The molecule has 2 aliphatic rings. The summed E-state index contributed by atoms with van der Waals surface area (Å²) in [5.41, 5.74) is 3.87. The molecule has 1 aliphatic heterocycles. The third-order valence-corrected chi connectivity index (χ3v) is 4.09. The number of hydrogen-bond donors (Lipinski definition) is 0. The second-order valence-corrected chi connectivity index (χ2v) is 6.41. The third kappa shape index (κ3) is 1.42. The average Bonchev–Trinajstić information content (AvgIpc) is 2.75. The van der Waals surface area contributed by atoms with Crippen LogP contribution >= 0.6 is 0 Å². The van der Waals surface area contributed by atoms with E-state index in [-0.39, 0.29) is 5.41 Å². The molecule has 0 amide bonds. The Kier molecular flexibility index (Phi) is 1.67. The zero-order valence-corrected chi connectivity index (χ0v) is 10.0. The largest absolute Gasteiger partial charge is 0.269 e. The summed E-state index contributed by atoms with van der Waals surface area (Å²) in [5.74, 6) is 0. The number of nitrogens with zero attached hydrogens (tertiary/aromatic N) is 2. The molecule has 82 valence electrons. The highest BCUT2D eigenvalue weighted by Crippen LogP contribution is 2.53. The minimum atomic E-state index is 0.252. The summed E-state index contributed by atoms with van der Waals surface area (Å²) in [7, 11) is 0. The summed E-state index contributed by atoms with van der Waals surface area (Å²) in [6.45, 7) is 8.03. The Morgan fingerprint density at radius 1 is 1.27 bits per heavy atom. The molecule has 0 atom stereocenters. The Balaban J connectivity index is 1.98. The average molecular weight is 204 g/mol. The van der Waals surface area contributed by atoms with Gasteiger partial charge in [-0.2, -0.15) is 5.10 Å². The molecule has 1 saturated carbocycles. The topological polar surface area (TPSA) is 17.8 Å². The van der Waals surface area contributed by atoms with Gasteiger partial charge in [0.05, 0.1) is 6.20 Å². The van der Waals surface area contributed by atoms with Gasteiger partial charge in [-0.25, -0.2) is 0 Å². The fraction of sp³-hybridized carbons (Fsp3) is 0.769. The van der Waals surface area contributed by atoms with Crippen LogP contribution in [0.4, 0.5) is 0 Å². The molecule has 0 N–H and O–H groups in total.